The molecule has 6 rings (SSSR count). The van der Waals surface area contributed by atoms with Gasteiger partial charge in [-0.2, -0.15) is 0 Å². The first-order valence-electron chi connectivity index (χ1n) is 11.9. The van der Waals surface area contributed by atoms with Crippen molar-refractivity contribution in [2.45, 2.75) is 31.7 Å². The topological polar surface area (TPSA) is 51.2 Å². The van der Waals surface area contributed by atoms with Crippen LogP contribution in [0.25, 0.3) is 16.5 Å². The van der Waals surface area contributed by atoms with Gasteiger partial charge in [-0.05, 0) is 66.3 Å². The molecule has 0 amide bonds. The number of aromatic nitrogens is 1. The maximum atomic E-state index is 13.8. The molecule has 4 nitrogen and oxygen atoms in total. The minimum absolute atomic E-state index is 0.173. The van der Waals surface area contributed by atoms with Gasteiger partial charge in [-0.3, -0.25) is 9.78 Å². The lowest BCUT2D eigenvalue weighted by Gasteiger charge is -2.37. The molecule has 1 N–H and O–H groups in total. The predicted molar refractivity (Wildman–Crippen MR) is 136 cm³/mol. The Bertz CT molecular complexity index is 1410. The van der Waals surface area contributed by atoms with Gasteiger partial charge in [0.1, 0.15) is 5.75 Å². The first-order valence-corrected chi connectivity index (χ1v) is 11.9. The number of carbonyl (C=O) groups is 1. The van der Waals surface area contributed by atoms with Crippen LogP contribution in [0.2, 0.25) is 0 Å². The van der Waals surface area contributed by atoms with Gasteiger partial charge >= 0.3 is 0 Å². The molecule has 2 heterocycles. The van der Waals surface area contributed by atoms with E-state index in [9.17, 15) is 4.79 Å². The normalized spacial score (nSPS) is 19.4. The standard InChI is InChI=1S/C30H26N2O2/c1-2-34-22-12-10-20(11-13-22)30-29-24(17-21(18-27(29)33)19-7-4-3-5-8-19)28-23-9-6-16-31-25(23)14-15-26(28)32-30/h3-16,21,30,32H,2,17-18H2,1H3/t21-,30+/m1/s1. The molecule has 1 aromatic heterocycles. The second-order valence-corrected chi connectivity index (χ2v) is 8.97. The monoisotopic (exact) mass is 446 g/mol. The van der Waals surface area contributed by atoms with E-state index in [0.717, 1.165) is 51.0 Å². The van der Waals surface area contributed by atoms with Crippen molar-refractivity contribution in [3.63, 3.8) is 0 Å². The zero-order chi connectivity index (χ0) is 23.1. The van der Waals surface area contributed by atoms with E-state index >= 15 is 0 Å². The minimum atomic E-state index is -0.184. The average molecular weight is 447 g/mol. The van der Waals surface area contributed by atoms with Crippen LogP contribution < -0.4 is 10.1 Å². The zero-order valence-electron chi connectivity index (χ0n) is 19.1. The number of ether oxygens (including phenoxy) is 1. The van der Waals surface area contributed by atoms with Crippen molar-refractivity contribution < 1.29 is 9.53 Å². The summed E-state index contributed by atoms with van der Waals surface area (Å²) < 4.78 is 5.64. The van der Waals surface area contributed by atoms with E-state index < -0.39 is 0 Å². The number of fused-ring (bicyclic) bond motifs is 4. The van der Waals surface area contributed by atoms with Crippen LogP contribution in [0.3, 0.4) is 0 Å². The number of pyridine rings is 1. The van der Waals surface area contributed by atoms with Crippen LogP contribution in [-0.4, -0.2) is 17.4 Å². The highest BCUT2D eigenvalue weighted by Gasteiger charge is 2.38. The van der Waals surface area contributed by atoms with E-state index in [1.54, 1.807) is 0 Å². The number of nitrogens with zero attached hydrogens (tertiary/aromatic N) is 1. The summed E-state index contributed by atoms with van der Waals surface area (Å²) in [4.78, 5) is 18.4. The van der Waals surface area contributed by atoms with Gasteiger partial charge in [0.2, 0.25) is 0 Å². The van der Waals surface area contributed by atoms with Crippen LogP contribution in [0, 0.1) is 0 Å². The molecule has 3 aromatic carbocycles. The molecular weight excluding hydrogens is 420 g/mol. The number of hydrogen-bond acceptors (Lipinski definition) is 4. The molecule has 0 spiro atoms. The van der Waals surface area contributed by atoms with Gasteiger partial charge in [0, 0.05) is 34.8 Å². The molecule has 34 heavy (non-hydrogen) atoms. The zero-order valence-corrected chi connectivity index (χ0v) is 19.1. The molecule has 0 unspecified atom stereocenters. The molecule has 4 aromatic rings. The molecular formula is C30H26N2O2. The Balaban J connectivity index is 1.53. The van der Waals surface area contributed by atoms with Gasteiger partial charge in [0.05, 0.1) is 18.2 Å². The van der Waals surface area contributed by atoms with Gasteiger partial charge in [0.15, 0.2) is 5.78 Å². The largest absolute Gasteiger partial charge is 0.494 e. The molecule has 1 aliphatic carbocycles. The van der Waals surface area contributed by atoms with E-state index in [-0.39, 0.29) is 17.7 Å². The summed E-state index contributed by atoms with van der Waals surface area (Å²) in [5, 5.41) is 4.78. The highest BCUT2D eigenvalue weighted by molar-refractivity contribution is 6.12. The van der Waals surface area contributed by atoms with Crippen molar-refractivity contribution in [3.8, 4) is 5.75 Å². The quantitative estimate of drug-likeness (QED) is 0.379. The van der Waals surface area contributed by atoms with Crippen LogP contribution in [0.15, 0.2) is 90.6 Å². The van der Waals surface area contributed by atoms with Crippen molar-refractivity contribution in [1.82, 2.24) is 4.98 Å². The third-order valence-corrected chi connectivity index (χ3v) is 6.98. The number of rotatable bonds is 4. The fraction of sp³-hybridized carbons (Fsp3) is 0.200. The number of hydrogen-bond donors (Lipinski definition) is 1. The average Bonchev–Trinajstić information content (AvgIpc) is 2.89. The lowest BCUT2D eigenvalue weighted by atomic mass is 9.72. The Morgan fingerprint density at radius 1 is 0.912 bits per heavy atom. The van der Waals surface area contributed by atoms with Crippen molar-refractivity contribution >= 4 is 27.9 Å². The van der Waals surface area contributed by atoms with Crippen molar-refractivity contribution in [1.29, 1.82) is 0 Å². The van der Waals surface area contributed by atoms with Gasteiger partial charge in [-0.1, -0.05) is 48.5 Å². The van der Waals surface area contributed by atoms with Crippen LogP contribution in [0.5, 0.6) is 5.75 Å². The van der Waals surface area contributed by atoms with E-state index in [4.69, 9.17) is 4.74 Å². The summed E-state index contributed by atoms with van der Waals surface area (Å²) in [5.41, 5.74) is 7.45. The third-order valence-electron chi connectivity index (χ3n) is 6.98. The Morgan fingerprint density at radius 3 is 2.53 bits per heavy atom. The summed E-state index contributed by atoms with van der Waals surface area (Å²) in [6.45, 7) is 2.61. The number of allylic oxidation sites excluding steroid dienone is 1. The fourth-order valence-electron chi connectivity index (χ4n) is 5.46. The van der Waals surface area contributed by atoms with Crippen LogP contribution in [-0.2, 0) is 4.79 Å². The van der Waals surface area contributed by atoms with Crippen molar-refractivity contribution in [2.24, 2.45) is 0 Å². The van der Waals surface area contributed by atoms with E-state index in [1.807, 2.05) is 37.4 Å². The molecule has 168 valence electrons. The van der Waals surface area contributed by atoms with E-state index in [1.165, 1.54) is 5.56 Å². The molecule has 0 saturated carbocycles. The number of carbonyl (C=O) groups excluding carboxylic acids is 1. The van der Waals surface area contributed by atoms with Gasteiger partial charge in [-0.25, -0.2) is 0 Å². The highest BCUT2D eigenvalue weighted by Crippen LogP contribution is 2.50. The number of nitrogens with one attached hydrogen (secondary N) is 1. The SMILES string of the molecule is CCOc1ccc([C@@H]2Nc3ccc4ncccc4c3C3=C2C(=O)C[C@H](c2ccccc2)C3)cc1. The summed E-state index contributed by atoms with van der Waals surface area (Å²) in [6, 6.07) is 26.6. The molecule has 2 atom stereocenters. The van der Waals surface area contributed by atoms with Crippen LogP contribution in [0.1, 0.15) is 48.4 Å². The van der Waals surface area contributed by atoms with Gasteiger partial charge in [0.25, 0.3) is 0 Å². The smallest absolute Gasteiger partial charge is 0.162 e. The Hall–Kier alpha value is -3.92. The number of anilines is 1. The fourth-order valence-corrected chi connectivity index (χ4v) is 5.46. The first kappa shape index (κ1) is 20.7. The highest BCUT2D eigenvalue weighted by atomic mass is 16.5. The Morgan fingerprint density at radius 2 is 1.74 bits per heavy atom. The Kier molecular flexibility index (Phi) is 5.14. The van der Waals surface area contributed by atoms with Crippen LogP contribution >= 0.6 is 0 Å². The molecule has 2 aliphatic rings. The van der Waals surface area contributed by atoms with Gasteiger partial charge < -0.3 is 10.1 Å². The summed E-state index contributed by atoms with van der Waals surface area (Å²) >= 11 is 0. The van der Waals surface area contributed by atoms with Gasteiger partial charge in [-0.15, -0.1) is 0 Å². The van der Waals surface area contributed by atoms with Crippen molar-refractivity contribution in [2.75, 3.05) is 11.9 Å². The van der Waals surface area contributed by atoms with Crippen molar-refractivity contribution in [3.05, 3.63) is 107 Å². The molecule has 0 fully saturated rings. The predicted octanol–water partition coefficient (Wildman–Crippen LogP) is 6.70. The third kappa shape index (κ3) is 3.47. The first-order chi connectivity index (χ1) is 16.7. The lowest BCUT2D eigenvalue weighted by Crippen LogP contribution is -2.29. The second kappa shape index (κ2) is 8.45. The van der Waals surface area contributed by atoms with Crippen LogP contribution in [0.4, 0.5) is 5.69 Å². The lowest BCUT2D eigenvalue weighted by molar-refractivity contribution is -0.116. The summed E-state index contributed by atoms with van der Waals surface area (Å²) in [6.07, 6.45) is 3.18. The summed E-state index contributed by atoms with van der Waals surface area (Å²) in [5.74, 6) is 1.23. The summed E-state index contributed by atoms with van der Waals surface area (Å²) in [7, 11) is 0. The number of benzene rings is 3. The molecule has 1 aliphatic heterocycles. The number of Topliss-reactive ketones (excluding diaryl/α,β-unsaturated/α-hetero) is 1. The number of ketones is 1. The minimum Gasteiger partial charge on any atom is -0.494 e. The van der Waals surface area contributed by atoms with E-state index in [2.05, 4.69) is 64.9 Å². The molecule has 0 saturated heterocycles. The molecule has 0 radical (unpaired) electrons. The van der Waals surface area contributed by atoms with E-state index in [0.29, 0.717) is 13.0 Å². The maximum Gasteiger partial charge on any atom is 0.162 e. The second-order valence-electron chi connectivity index (χ2n) is 8.97. The molecule has 4 heteroatoms. The molecule has 0 bridgehead atoms. The Labute approximate surface area is 199 Å². The maximum absolute atomic E-state index is 13.8.